The second kappa shape index (κ2) is 15.6. The van der Waals surface area contributed by atoms with Crippen LogP contribution in [0, 0.1) is 5.92 Å². The standard InChI is InChI=1S/C30H39N3O5/c1-33-19-11-6-4-2-3-5-10-14-25(21-28(34)32-37)29(35)31-27(30(33)36)20-23-15-17-26(18-16-23)38-22-24-12-8-7-9-13-24/h2-3,7-9,12-13,15-18,25,27,37H,4-6,10-11,14,19-22H2,1H3,(H,31,35)(H,32,34). The lowest BCUT2D eigenvalue weighted by Crippen LogP contribution is -2.50. The molecular weight excluding hydrogens is 482 g/mol. The van der Waals surface area contributed by atoms with Gasteiger partial charge in [0.2, 0.25) is 17.7 Å². The molecule has 0 radical (unpaired) electrons. The van der Waals surface area contributed by atoms with Crippen molar-refractivity contribution in [1.82, 2.24) is 15.7 Å². The summed E-state index contributed by atoms with van der Waals surface area (Å²) in [5.41, 5.74) is 3.58. The fraction of sp³-hybridized carbons (Fsp3) is 0.433. The average Bonchev–Trinajstić information content (AvgIpc) is 2.94. The Morgan fingerprint density at radius 1 is 1.00 bits per heavy atom. The first-order chi connectivity index (χ1) is 18.5. The molecule has 2 atom stereocenters. The van der Waals surface area contributed by atoms with Gasteiger partial charge in [0.1, 0.15) is 18.4 Å². The molecule has 38 heavy (non-hydrogen) atoms. The van der Waals surface area contributed by atoms with Gasteiger partial charge in [-0.1, -0.05) is 54.6 Å². The van der Waals surface area contributed by atoms with E-state index in [1.165, 1.54) is 0 Å². The van der Waals surface area contributed by atoms with E-state index in [9.17, 15) is 14.4 Å². The summed E-state index contributed by atoms with van der Waals surface area (Å²) in [5.74, 6) is -1.07. The molecule has 1 aliphatic rings. The highest BCUT2D eigenvalue weighted by molar-refractivity contribution is 5.90. The lowest BCUT2D eigenvalue weighted by Gasteiger charge is -2.26. The summed E-state index contributed by atoms with van der Waals surface area (Å²) in [4.78, 5) is 40.2. The van der Waals surface area contributed by atoms with E-state index in [2.05, 4.69) is 17.5 Å². The zero-order chi connectivity index (χ0) is 27.2. The molecule has 0 aromatic heterocycles. The Balaban J connectivity index is 1.72. The third kappa shape index (κ3) is 9.67. The molecule has 0 fully saturated rings. The molecule has 8 nitrogen and oxygen atoms in total. The van der Waals surface area contributed by atoms with Gasteiger partial charge in [0, 0.05) is 32.4 Å². The number of rotatable bonds is 7. The van der Waals surface area contributed by atoms with Crippen LogP contribution < -0.4 is 15.5 Å². The number of carbonyl (C=O) groups is 3. The van der Waals surface area contributed by atoms with Crippen LogP contribution in [0.2, 0.25) is 0 Å². The molecule has 2 aromatic rings. The number of carbonyl (C=O) groups excluding carboxylic acids is 3. The number of nitrogens with one attached hydrogen (secondary N) is 2. The van der Waals surface area contributed by atoms with Crippen molar-refractivity contribution >= 4 is 17.7 Å². The van der Waals surface area contributed by atoms with Gasteiger partial charge in [-0.15, -0.1) is 0 Å². The Kier molecular flexibility index (Phi) is 11.8. The van der Waals surface area contributed by atoms with Crippen molar-refractivity contribution in [2.45, 2.75) is 64.0 Å². The van der Waals surface area contributed by atoms with Gasteiger partial charge in [0.05, 0.1) is 0 Å². The zero-order valence-corrected chi connectivity index (χ0v) is 22.1. The Morgan fingerprint density at radius 2 is 1.71 bits per heavy atom. The number of benzene rings is 2. The number of amides is 3. The number of nitrogens with zero attached hydrogens (tertiary/aromatic N) is 1. The van der Waals surface area contributed by atoms with Crippen molar-refractivity contribution in [1.29, 1.82) is 0 Å². The predicted molar refractivity (Wildman–Crippen MR) is 145 cm³/mol. The Bertz CT molecular complexity index is 1060. The molecule has 8 heteroatoms. The highest BCUT2D eigenvalue weighted by Crippen LogP contribution is 2.18. The topological polar surface area (TPSA) is 108 Å². The molecule has 0 spiro atoms. The van der Waals surface area contributed by atoms with Gasteiger partial charge in [-0.2, -0.15) is 0 Å². The first kappa shape index (κ1) is 28.9. The largest absolute Gasteiger partial charge is 0.489 e. The van der Waals surface area contributed by atoms with Crippen LogP contribution in [0.25, 0.3) is 0 Å². The normalized spacial score (nSPS) is 19.7. The number of hydrogen-bond acceptors (Lipinski definition) is 5. The van der Waals surface area contributed by atoms with Crippen LogP contribution in [0.1, 0.15) is 56.1 Å². The van der Waals surface area contributed by atoms with Gasteiger partial charge in [0.25, 0.3) is 0 Å². The van der Waals surface area contributed by atoms with Crippen LogP contribution in [-0.2, 0) is 27.4 Å². The van der Waals surface area contributed by atoms with E-state index >= 15 is 0 Å². The van der Waals surface area contributed by atoms with Crippen LogP contribution in [0.3, 0.4) is 0 Å². The van der Waals surface area contributed by atoms with Crippen molar-refractivity contribution in [2.75, 3.05) is 13.6 Å². The first-order valence-electron chi connectivity index (χ1n) is 13.3. The zero-order valence-electron chi connectivity index (χ0n) is 22.1. The first-order valence-corrected chi connectivity index (χ1v) is 13.3. The summed E-state index contributed by atoms with van der Waals surface area (Å²) in [6, 6.07) is 16.7. The van der Waals surface area contributed by atoms with E-state index in [0.29, 0.717) is 26.0 Å². The van der Waals surface area contributed by atoms with Crippen LogP contribution in [0.15, 0.2) is 66.7 Å². The fourth-order valence-electron chi connectivity index (χ4n) is 4.49. The highest BCUT2D eigenvalue weighted by atomic mass is 16.5. The summed E-state index contributed by atoms with van der Waals surface area (Å²) < 4.78 is 5.87. The lowest BCUT2D eigenvalue weighted by molar-refractivity contribution is -0.138. The molecule has 1 aliphatic heterocycles. The average molecular weight is 522 g/mol. The minimum Gasteiger partial charge on any atom is -0.489 e. The molecule has 0 bridgehead atoms. The number of likely N-dealkylation sites (N-methyl/N-ethyl adjacent to an activating group) is 1. The quantitative estimate of drug-likeness (QED) is 0.288. The highest BCUT2D eigenvalue weighted by Gasteiger charge is 2.29. The molecule has 2 aromatic carbocycles. The summed E-state index contributed by atoms with van der Waals surface area (Å²) >= 11 is 0. The third-order valence-electron chi connectivity index (χ3n) is 6.73. The summed E-state index contributed by atoms with van der Waals surface area (Å²) in [6.45, 7) is 1.06. The summed E-state index contributed by atoms with van der Waals surface area (Å²) in [7, 11) is 1.76. The van der Waals surface area contributed by atoms with Crippen molar-refractivity contribution in [3.05, 3.63) is 77.9 Å². The van der Waals surface area contributed by atoms with Gasteiger partial charge in [-0.25, -0.2) is 5.48 Å². The van der Waals surface area contributed by atoms with Crippen molar-refractivity contribution in [3.8, 4) is 5.75 Å². The van der Waals surface area contributed by atoms with Crippen molar-refractivity contribution in [3.63, 3.8) is 0 Å². The van der Waals surface area contributed by atoms with Crippen LogP contribution in [-0.4, -0.2) is 47.5 Å². The maximum atomic E-state index is 13.4. The number of hydroxylamine groups is 1. The van der Waals surface area contributed by atoms with E-state index in [0.717, 1.165) is 49.0 Å². The molecule has 3 N–H and O–H groups in total. The Labute approximate surface area is 225 Å². The van der Waals surface area contributed by atoms with Gasteiger partial charge >= 0.3 is 0 Å². The SMILES string of the molecule is CN1CCCCC=CCCCC(CC(=O)NO)C(=O)NC(Cc2ccc(OCc3ccccc3)cc2)C1=O. The summed E-state index contributed by atoms with van der Waals surface area (Å²) in [6.07, 6.45) is 9.23. The smallest absolute Gasteiger partial charge is 0.245 e. The van der Waals surface area contributed by atoms with E-state index in [-0.39, 0.29) is 18.2 Å². The monoisotopic (exact) mass is 521 g/mol. The van der Waals surface area contributed by atoms with Crippen LogP contribution in [0.5, 0.6) is 5.75 Å². The Hall–Kier alpha value is -3.65. The second-order valence-electron chi connectivity index (χ2n) is 9.78. The number of allylic oxidation sites excluding steroid dienone is 2. The van der Waals surface area contributed by atoms with E-state index < -0.39 is 17.9 Å². The second-order valence-corrected chi connectivity index (χ2v) is 9.78. The molecule has 204 valence electrons. The Morgan fingerprint density at radius 3 is 2.42 bits per heavy atom. The molecule has 1 heterocycles. The van der Waals surface area contributed by atoms with Gasteiger partial charge < -0.3 is 15.0 Å². The predicted octanol–water partition coefficient (Wildman–Crippen LogP) is 4.17. The molecular formula is C30H39N3O5. The van der Waals surface area contributed by atoms with E-state index in [4.69, 9.17) is 9.94 Å². The van der Waals surface area contributed by atoms with Crippen LogP contribution >= 0.6 is 0 Å². The molecule has 0 saturated heterocycles. The maximum absolute atomic E-state index is 13.4. The fourth-order valence-corrected chi connectivity index (χ4v) is 4.49. The third-order valence-corrected chi connectivity index (χ3v) is 6.73. The minimum atomic E-state index is -0.772. The molecule has 0 saturated carbocycles. The van der Waals surface area contributed by atoms with Gasteiger partial charge in [-0.3, -0.25) is 19.6 Å². The van der Waals surface area contributed by atoms with Gasteiger partial charge in [0.15, 0.2) is 0 Å². The molecule has 0 aliphatic carbocycles. The van der Waals surface area contributed by atoms with Crippen molar-refractivity contribution < 1.29 is 24.3 Å². The molecule has 3 amide bonds. The van der Waals surface area contributed by atoms with Crippen LogP contribution in [0.4, 0.5) is 0 Å². The molecule has 2 unspecified atom stereocenters. The maximum Gasteiger partial charge on any atom is 0.245 e. The summed E-state index contributed by atoms with van der Waals surface area (Å²) in [5, 5.41) is 11.9. The lowest BCUT2D eigenvalue weighted by atomic mass is 9.95. The number of ether oxygens (including phenoxy) is 1. The van der Waals surface area contributed by atoms with E-state index in [1.54, 1.807) is 17.4 Å². The van der Waals surface area contributed by atoms with Crippen molar-refractivity contribution in [2.24, 2.45) is 5.92 Å². The van der Waals surface area contributed by atoms with E-state index in [1.807, 2.05) is 54.6 Å². The molecule has 3 rings (SSSR count). The van der Waals surface area contributed by atoms with Gasteiger partial charge in [-0.05, 0) is 61.8 Å². The number of hydrogen-bond donors (Lipinski definition) is 3. The minimum absolute atomic E-state index is 0.143.